The Morgan fingerprint density at radius 1 is 1.12 bits per heavy atom. The molecule has 25 heavy (non-hydrogen) atoms. The lowest BCUT2D eigenvalue weighted by molar-refractivity contribution is 0.139. The maximum absolute atomic E-state index is 13.2. The van der Waals surface area contributed by atoms with Crippen LogP contribution in [-0.2, 0) is 6.54 Å². The maximum atomic E-state index is 13.2. The first-order valence-electron chi connectivity index (χ1n) is 8.64. The molecule has 2 aliphatic heterocycles. The third-order valence-electron chi connectivity index (χ3n) is 5.20. The molecule has 2 aliphatic rings. The van der Waals surface area contributed by atoms with Gasteiger partial charge < -0.3 is 14.9 Å². The molecule has 1 unspecified atom stereocenters. The Bertz CT molecular complexity index is 740. The molecule has 4 atom stereocenters. The summed E-state index contributed by atoms with van der Waals surface area (Å²) in [5.74, 6) is 0.778. The zero-order valence-corrected chi connectivity index (χ0v) is 15.0. The van der Waals surface area contributed by atoms with Crippen molar-refractivity contribution in [2.75, 3.05) is 5.75 Å². The highest BCUT2D eigenvalue weighted by molar-refractivity contribution is 8.00. The molecule has 0 aromatic heterocycles. The Kier molecular flexibility index (Phi) is 4.44. The fourth-order valence-electron chi connectivity index (χ4n) is 3.91. The third kappa shape index (κ3) is 2.92. The van der Waals surface area contributed by atoms with Gasteiger partial charge in [-0.1, -0.05) is 60.7 Å². The van der Waals surface area contributed by atoms with Crippen molar-refractivity contribution in [3.8, 4) is 0 Å². The number of amides is 2. The average molecular weight is 354 g/mol. The second kappa shape index (κ2) is 6.73. The van der Waals surface area contributed by atoms with Gasteiger partial charge in [0.2, 0.25) is 0 Å². The number of carbonyl (C=O) groups is 1. The van der Waals surface area contributed by atoms with Crippen LogP contribution in [-0.4, -0.2) is 44.2 Å². The van der Waals surface area contributed by atoms with Gasteiger partial charge in [-0.3, -0.25) is 0 Å². The van der Waals surface area contributed by atoms with Gasteiger partial charge in [-0.15, -0.1) is 11.8 Å². The van der Waals surface area contributed by atoms with Crippen LogP contribution >= 0.6 is 11.8 Å². The van der Waals surface area contributed by atoms with Gasteiger partial charge in [-0.05, 0) is 18.1 Å². The standard InChI is InChI=1S/C20H22N2O2S/c1-14(16-10-6-3-7-11-16)22-17-13-25-19(23)18(17)21(20(22)24)12-15-8-4-2-5-9-15/h2-11,14,17-19,23H,12-13H2,1H3/t14-,17+,18+,19?/m1/s1. The van der Waals surface area contributed by atoms with E-state index in [1.165, 1.54) is 0 Å². The van der Waals surface area contributed by atoms with Crippen molar-refractivity contribution < 1.29 is 9.90 Å². The molecule has 0 saturated carbocycles. The van der Waals surface area contributed by atoms with Gasteiger partial charge in [0.1, 0.15) is 5.44 Å². The summed E-state index contributed by atoms with van der Waals surface area (Å²) in [6.07, 6.45) is 0. The van der Waals surface area contributed by atoms with E-state index in [9.17, 15) is 9.90 Å². The number of hydrogen-bond acceptors (Lipinski definition) is 3. The van der Waals surface area contributed by atoms with Crippen LogP contribution in [0.4, 0.5) is 4.79 Å². The molecule has 5 heteroatoms. The fourth-order valence-corrected chi connectivity index (χ4v) is 5.18. The molecule has 2 aromatic rings. The van der Waals surface area contributed by atoms with Crippen LogP contribution < -0.4 is 0 Å². The highest BCUT2D eigenvalue weighted by Gasteiger charge is 2.54. The summed E-state index contributed by atoms with van der Waals surface area (Å²) in [4.78, 5) is 17.0. The van der Waals surface area contributed by atoms with E-state index >= 15 is 0 Å². The van der Waals surface area contributed by atoms with E-state index < -0.39 is 5.44 Å². The van der Waals surface area contributed by atoms with Crippen LogP contribution in [0.2, 0.25) is 0 Å². The predicted octanol–water partition coefficient (Wildman–Crippen LogP) is 3.49. The van der Waals surface area contributed by atoms with E-state index in [-0.39, 0.29) is 24.2 Å². The van der Waals surface area contributed by atoms with Crippen molar-refractivity contribution in [1.82, 2.24) is 9.80 Å². The summed E-state index contributed by atoms with van der Waals surface area (Å²) in [5.41, 5.74) is 1.70. The number of urea groups is 1. The minimum Gasteiger partial charge on any atom is -0.380 e. The molecular formula is C20H22N2O2S. The van der Waals surface area contributed by atoms with Crippen molar-refractivity contribution >= 4 is 17.8 Å². The van der Waals surface area contributed by atoms with Crippen LogP contribution in [0.1, 0.15) is 24.1 Å². The lowest BCUT2D eigenvalue weighted by Crippen LogP contribution is -2.40. The lowest BCUT2D eigenvalue weighted by Gasteiger charge is -2.29. The van der Waals surface area contributed by atoms with Crippen LogP contribution in [0.25, 0.3) is 0 Å². The van der Waals surface area contributed by atoms with E-state index in [0.29, 0.717) is 6.54 Å². The van der Waals surface area contributed by atoms with Crippen molar-refractivity contribution in [2.24, 2.45) is 0 Å². The summed E-state index contributed by atoms with van der Waals surface area (Å²) in [6, 6.07) is 20.0. The molecule has 2 amide bonds. The van der Waals surface area contributed by atoms with E-state index in [1.807, 2.05) is 58.3 Å². The van der Waals surface area contributed by atoms with Gasteiger partial charge in [-0.25, -0.2) is 4.79 Å². The van der Waals surface area contributed by atoms with Crippen molar-refractivity contribution in [2.45, 2.75) is 37.0 Å². The number of thioether (sulfide) groups is 1. The predicted molar refractivity (Wildman–Crippen MR) is 100 cm³/mol. The van der Waals surface area contributed by atoms with Crippen LogP contribution in [0.5, 0.6) is 0 Å². The topological polar surface area (TPSA) is 43.8 Å². The quantitative estimate of drug-likeness (QED) is 0.855. The van der Waals surface area contributed by atoms with Gasteiger partial charge in [-0.2, -0.15) is 0 Å². The number of aliphatic hydroxyl groups excluding tert-OH is 1. The lowest BCUT2D eigenvalue weighted by atomic mass is 10.0. The first-order chi connectivity index (χ1) is 12.2. The number of aliphatic hydroxyl groups is 1. The van der Waals surface area contributed by atoms with Crippen LogP contribution in [0.3, 0.4) is 0 Å². The summed E-state index contributed by atoms with van der Waals surface area (Å²) in [6.45, 7) is 2.61. The second-order valence-corrected chi connectivity index (χ2v) is 7.82. The van der Waals surface area contributed by atoms with Crippen molar-refractivity contribution in [3.05, 3.63) is 71.8 Å². The second-order valence-electron chi connectivity index (χ2n) is 6.67. The molecule has 4 nitrogen and oxygen atoms in total. The first-order valence-corrected chi connectivity index (χ1v) is 9.69. The van der Waals surface area contributed by atoms with Gasteiger partial charge in [0, 0.05) is 12.3 Å². The molecule has 4 rings (SSSR count). The highest BCUT2D eigenvalue weighted by atomic mass is 32.2. The Morgan fingerprint density at radius 2 is 1.76 bits per heavy atom. The largest absolute Gasteiger partial charge is 0.380 e. The summed E-state index contributed by atoms with van der Waals surface area (Å²) < 4.78 is 0. The molecule has 1 N–H and O–H groups in total. The van der Waals surface area contributed by atoms with E-state index in [4.69, 9.17) is 0 Å². The number of nitrogens with zero attached hydrogens (tertiary/aromatic N) is 2. The SMILES string of the molecule is C[C@H](c1ccccc1)N1C(=O)N(Cc2ccccc2)[C@@H]2C(O)SC[C@@H]21. The third-order valence-corrected chi connectivity index (χ3v) is 6.36. The number of hydrogen-bond donors (Lipinski definition) is 1. The van der Waals surface area contributed by atoms with Crippen LogP contribution in [0, 0.1) is 0 Å². The summed E-state index contributed by atoms with van der Waals surface area (Å²) in [7, 11) is 0. The molecule has 2 fully saturated rings. The molecule has 130 valence electrons. The molecular weight excluding hydrogens is 332 g/mol. The number of fused-ring (bicyclic) bond motifs is 1. The Balaban J connectivity index is 1.64. The Morgan fingerprint density at radius 3 is 2.44 bits per heavy atom. The molecule has 0 bridgehead atoms. The smallest absolute Gasteiger partial charge is 0.321 e. The van der Waals surface area contributed by atoms with Gasteiger partial charge >= 0.3 is 6.03 Å². The maximum Gasteiger partial charge on any atom is 0.321 e. The summed E-state index contributed by atoms with van der Waals surface area (Å²) >= 11 is 1.54. The van der Waals surface area contributed by atoms with Crippen LogP contribution in [0.15, 0.2) is 60.7 Å². The molecule has 0 radical (unpaired) electrons. The minimum atomic E-state index is -0.523. The Hall–Kier alpha value is -1.98. The monoisotopic (exact) mass is 354 g/mol. The van der Waals surface area contributed by atoms with E-state index in [2.05, 4.69) is 19.1 Å². The number of carbonyl (C=O) groups excluding carboxylic acids is 1. The van der Waals surface area contributed by atoms with Gasteiger partial charge in [0.25, 0.3) is 0 Å². The number of rotatable bonds is 4. The summed E-state index contributed by atoms with van der Waals surface area (Å²) in [5, 5.41) is 10.5. The molecule has 0 spiro atoms. The fraction of sp³-hybridized carbons (Fsp3) is 0.350. The average Bonchev–Trinajstić information content (AvgIpc) is 3.14. The van der Waals surface area contributed by atoms with Gasteiger partial charge in [0.15, 0.2) is 0 Å². The van der Waals surface area contributed by atoms with Crippen molar-refractivity contribution in [1.29, 1.82) is 0 Å². The number of benzene rings is 2. The zero-order chi connectivity index (χ0) is 17.4. The normalized spacial score (nSPS) is 26.8. The first kappa shape index (κ1) is 16.5. The van der Waals surface area contributed by atoms with Crippen molar-refractivity contribution in [3.63, 3.8) is 0 Å². The highest BCUT2D eigenvalue weighted by Crippen LogP contribution is 2.42. The minimum absolute atomic E-state index is 0.00660. The molecule has 0 aliphatic carbocycles. The van der Waals surface area contributed by atoms with Gasteiger partial charge in [0.05, 0.1) is 18.1 Å². The molecule has 2 aromatic carbocycles. The Labute approximate surface area is 152 Å². The van der Waals surface area contributed by atoms with E-state index in [1.54, 1.807) is 11.8 Å². The van der Waals surface area contributed by atoms with E-state index in [0.717, 1.165) is 16.9 Å². The molecule has 2 saturated heterocycles. The zero-order valence-electron chi connectivity index (χ0n) is 14.2. The molecule has 2 heterocycles.